The summed E-state index contributed by atoms with van der Waals surface area (Å²) in [5.74, 6) is 0. The molecule has 0 spiro atoms. The maximum absolute atomic E-state index is 2.66. The van der Waals surface area contributed by atoms with Crippen LogP contribution in [0.2, 0.25) is 0 Å². The minimum absolute atomic E-state index is 1.15. The van der Waals surface area contributed by atoms with Crippen LogP contribution < -0.4 is 20.7 Å². The van der Waals surface area contributed by atoms with Crippen molar-refractivity contribution in [2.75, 3.05) is 0 Å². The van der Waals surface area contributed by atoms with E-state index in [1.165, 1.54) is 101 Å². The fourth-order valence-electron chi connectivity index (χ4n) is 10.8. The van der Waals surface area contributed by atoms with Gasteiger partial charge in [0.25, 0.3) is 0 Å². The highest BCUT2D eigenvalue weighted by molar-refractivity contribution is 7.26. The summed E-state index contributed by atoms with van der Waals surface area (Å²) in [7, 11) is -2.66. The summed E-state index contributed by atoms with van der Waals surface area (Å²) < 4.78 is 7.60. The zero-order valence-corrected chi connectivity index (χ0v) is 36.7. The van der Waals surface area contributed by atoms with E-state index >= 15 is 0 Å². The third-order valence-corrected chi connectivity index (χ3v) is 19.5. The maximum atomic E-state index is 2.52. The summed E-state index contributed by atoms with van der Waals surface area (Å²) >= 11 is 1.89. The molecule has 0 unspecified atom stereocenters. The molecule has 13 aromatic rings. The topological polar surface area (TPSA) is 9.86 Å². The molecule has 13 rings (SSSR count). The van der Waals surface area contributed by atoms with Crippen LogP contribution in [-0.4, -0.2) is 17.2 Å². The van der Waals surface area contributed by atoms with Crippen molar-refractivity contribution in [1.82, 2.24) is 9.13 Å². The molecule has 64 heavy (non-hydrogen) atoms. The van der Waals surface area contributed by atoms with Crippen LogP contribution in [0, 0.1) is 0 Å². The second kappa shape index (κ2) is 14.7. The number of thiophene rings is 1. The van der Waals surface area contributed by atoms with E-state index in [9.17, 15) is 0 Å². The molecule has 0 aliphatic carbocycles. The van der Waals surface area contributed by atoms with Crippen LogP contribution in [0.5, 0.6) is 0 Å². The normalized spacial score (nSPS) is 12.1. The molecule has 0 saturated heterocycles. The molecule has 0 saturated carbocycles. The highest BCUT2D eigenvalue weighted by atomic mass is 32.1. The van der Waals surface area contributed by atoms with Gasteiger partial charge in [-0.2, -0.15) is 0 Å². The molecule has 0 atom stereocenters. The summed E-state index contributed by atoms with van der Waals surface area (Å²) in [6, 6.07) is 90.3. The Morgan fingerprint density at radius 3 is 1.50 bits per heavy atom. The number of benzene rings is 10. The van der Waals surface area contributed by atoms with Crippen molar-refractivity contribution in [3.05, 3.63) is 243 Å². The van der Waals surface area contributed by atoms with E-state index < -0.39 is 8.07 Å². The van der Waals surface area contributed by atoms with Gasteiger partial charge >= 0.3 is 0 Å². The number of fused-ring (bicyclic) bond motifs is 9. The molecule has 300 valence electrons. The first-order valence-corrected chi connectivity index (χ1v) is 24.8. The Labute approximate surface area is 376 Å². The predicted molar refractivity (Wildman–Crippen MR) is 277 cm³/mol. The minimum atomic E-state index is -2.66. The second-order valence-corrected chi connectivity index (χ2v) is 21.6. The monoisotopic (exact) mass is 848 g/mol. The number of aromatic nitrogens is 2. The van der Waals surface area contributed by atoms with Crippen LogP contribution in [0.4, 0.5) is 0 Å². The lowest BCUT2D eigenvalue weighted by Gasteiger charge is -2.34. The third-order valence-electron chi connectivity index (χ3n) is 13.5. The van der Waals surface area contributed by atoms with Crippen LogP contribution >= 0.6 is 11.3 Å². The second-order valence-electron chi connectivity index (χ2n) is 16.8. The number of hydrogen-bond donors (Lipinski definition) is 0. The molecular weight excluding hydrogens is 809 g/mol. The first kappa shape index (κ1) is 36.9. The summed E-state index contributed by atoms with van der Waals surface area (Å²) in [6.45, 7) is 0. The largest absolute Gasteiger partial charge is 0.309 e. The summed E-state index contributed by atoms with van der Waals surface area (Å²) in [5, 5.41) is 13.1. The molecule has 0 aliphatic heterocycles. The average Bonchev–Trinajstić information content (AvgIpc) is 4.03. The van der Waals surface area contributed by atoms with Gasteiger partial charge in [-0.1, -0.05) is 194 Å². The third kappa shape index (κ3) is 5.43. The highest BCUT2D eigenvalue weighted by Gasteiger charge is 2.41. The fraction of sp³-hybridized carbons (Fsp3) is 0. The van der Waals surface area contributed by atoms with Crippen molar-refractivity contribution in [3.63, 3.8) is 0 Å². The molecule has 2 nitrogen and oxygen atoms in total. The zero-order chi connectivity index (χ0) is 42.2. The SMILES string of the molecule is c1ccc([Si](c2ccccc2)(c2ccccc2)c2ccc(-n3c4ccccc4c4cc(-c5cccc6c7ccccc7n(-c7cccc8c7sc7ccccc78)c56)ccc43)cc2)cc1. The standard InChI is InChI=1S/C60H40N2SSi/c1-4-18-43(19-5-1)64(44-20-6-2-7-21-44,45-22-8-3-9-23-45)46-37-35-42(36-38-46)61-54-30-13-11-25-49(54)53-40-41(34-39-56(53)61)47-27-16-28-51-48-24-10-14-31-55(48)62(59(47)51)57-32-17-29-52-50-26-12-15-33-58(50)63-60(52)57/h1-40H. The van der Waals surface area contributed by atoms with Crippen molar-refractivity contribution >= 4 is 104 Å². The minimum Gasteiger partial charge on any atom is -0.309 e. The van der Waals surface area contributed by atoms with Gasteiger partial charge in [-0.25, -0.2) is 0 Å². The molecule has 0 radical (unpaired) electrons. The average molecular weight is 849 g/mol. The lowest BCUT2D eigenvalue weighted by Crippen LogP contribution is -2.74. The lowest BCUT2D eigenvalue weighted by atomic mass is 10.00. The summed E-state index contributed by atoms with van der Waals surface area (Å²) in [5.41, 5.74) is 9.63. The van der Waals surface area contributed by atoms with E-state index in [2.05, 4.69) is 252 Å². The van der Waals surface area contributed by atoms with Crippen LogP contribution in [0.1, 0.15) is 0 Å². The number of hydrogen-bond acceptors (Lipinski definition) is 1. The Bertz CT molecular complexity index is 3790. The first-order chi connectivity index (χ1) is 31.8. The van der Waals surface area contributed by atoms with Crippen LogP contribution in [0.25, 0.3) is 86.3 Å². The summed E-state index contributed by atoms with van der Waals surface area (Å²) in [6.07, 6.45) is 0. The molecule has 3 heterocycles. The Morgan fingerprint density at radius 2 is 0.828 bits per heavy atom. The molecule has 3 aromatic heterocycles. The maximum Gasteiger partial charge on any atom is 0.179 e. The predicted octanol–water partition coefficient (Wildman–Crippen LogP) is 13.3. The number of para-hydroxylation sites is 3. The molecule has 10 aromatic carbocycles. The van der Waals surface area contributed by atoms with Crippen molar-refractivity contribution in [2.24, 2.45) is 0 Å². The van der Waals surface area contributed by atoms with Gasteiger partial charge in [0.1, 0.15) is 0 Å². The molecule has 4 heteroatoms. The van der Waals surface area contributed by atoms with Crippen molar-refractivity contribution in [2.45, 2.75) is 0 Å². The molecular formula is C60H40N2SSi. The molecule has 0 amide bonds. The van der Waals surface area contributed by atoms with Crippen LogP contribution in [0.3, 0.4) is 0 Å². The van der Waals surface area contributed by atoms with Gasteiger partial charge in [0.2, 0.25) is 0 Å². The quantitative estimate of drug-likeness (QED) is 0.112. The Balaban J connectivity index is 1.00. The highest BCUT2D eigenvalue weighted by Crippen LogP contribution is 2.44. The van der Waals surface area contributed by atoms with Gasteiger partial charge in [-0.15, -0.1) is 11.3 Å². The molecule has 0 fully saturated rings. The van der Waals surface area contributed by atoms with Crippen molar-refractivity contribution < 1.29 is 0 Å². The molecule has 0 bridgehead atoms. The van der Waals surface area contributed by atoms with Gasteiger partial charge in [-0.05, 0) is 74.8 Å². The van der Waals surface area contributed by atoms with E-state index in [0.29, 0.717) is 0 Å². The van der Waals surface area contributed by atoms with Crippen LogP contribution in [-0.2, 0) is 0 Å². The van der Waals surface area contributed by atoms with Crippen molar-refractivity contribution in [1.29, 1.82) is 0 Å². The summed E-state index contributed by atoms with van der Waals surface area (Å²) in [4.78, 5) is 0. The lowest BCUT2D eigenvalue weighted by molar-refractivity contribution is 1.18. The van der Waals surface area contributed by atoms with E-state index in [0.717, 1.165) is 5.69 Å². The van der Waals surface area contributed by atoms with Crippen molar-refractivity contribution in [3.8, 4) is 22.5 Å². The number of nitrogens with zero attached hydrogens (tertiary/aromatic N) is 2. The Hall–Kier alpha value is -7.76. The van der Waals surface area contributed by atoms with Gasteiger partial charge in [0.15, 0.2) is 8.07 Å². The number of rotatable bonds is 7. The van der Waals surface area contributed by atoms with E-state index in [1.54, 1.807) is 0 Å². The zero-order valence-electron chi connectivity index (χ0n) is 34.9. The first-order valence-electron chi connectivity index (χ1n) is 22.0. The fourth-order valence-corrected chi connectivity index (χ4v) is 16.7. The smallest absolute Gasteiger partial charge is 0.179 e. The van der Waals surface area contributed by atoms with Crippen LogP contribution in [0.15, 0.2) is 243 Å². The Morgan fingerprint density at radius 1 is 0.328 bits per heavy atom. The van der Waals surface area contributed by atoms with Gasteiger partial charge in [0, 0.05) is 48.3 Å². The Kier molecular flexibility index (Phi) is 8.45. The van der Waals surface area contributed by atoms with Gasteiger partial charge in [0.05, 0.1) is 32.5 Å². The van der Waals surface area contributed by atoms with Gasteiger partial charge < -0.3 is 9.13 Å². The molecule has 0 aliphatic rings. The van der Waals surface area contributed by atoms with Gasteiger partial charge in [-0.3, -0.25) is 0 Å². The molecule has 0 N–H and O–H groups in total. The van der Waals surface area contributed by atoms with E-state index in [4.69, 9.17) is 0 Å². The van der Waals surface area contributed by atoms with E-state index in [-0.39, 0.29) is 0 Å². The van der Waals surface area contributed by atoms with E-state index in [1.807, 2.05) is 11.3 Å².